The molecule has 7 N–H and O–H groups in total. The molecule has 1 saturated heterocycles. The molecule has 0 aromatic rings. The monoisotopic (exact) mass is 978 g/mol. The van der Waals surface area contributed by atoms with E-state index >= 15 is 0 Å². The highest BCUT2D eigenvalue weighted by atomic mass is 16.7. The van der Waals surface area contributed by atoms with Gasteiger partial charge in [0, 0.05) is 0 Å². The van der Waals surface area contributed by atoms with Crippen LogP contribution in [0.1, 0.15) is 271 Å². The number of ether oxygens (including phenoxy) is 2. The number of carbonyl (C=O) groups is 1. The molecular weight excluding hydrogens is 867 g/mol. The molecule has 0 saturated carbocycles. The predicted molar refractivity (Wildman–Crippen MR) is 287 cm³/mol. The largest absolute Gasteiger partial charge is 0.394 e. The quantitative estimate of drug-likeness (QED) is 0.0232. The molecule has 8 atom stereocenters. The van der Waals surface area contributed by atoms with E-state index in [1.54, 1.807) is 6.08 Å². The molecule has 1 rings (SSSR count). The lowest BCUT2D eigenvalue weighted by molar-refractivity contribution is -0.302. The zero-order valence-corrected chi connectivity index (χ0v) is 44.7. The maximum atomic E-state index is 13.1. The number of amides is 1. The molecule has 1 amide bonds. The SMILES string of the molecule is CCCCCCCCCCC/C=C\C/C=C\CCCCCCCCCCCCCCC(O)C(=O)NC(COC1OC(CO)C(O)C(O)C1O)C(O)/C=C/CCCCCCCCCCCCCCCC. The third-order valence-corrected chi connectivity index (χ3v) is 14.1. The summed E-state index contributed by atoms with van der Waals surface area (Å²) in [5, 5.41) is 65.0. The summed E-state index contributed by atoms with van der Waals surface area (Å²) >= 11 is 0. The zero-order chi connectivity index (χ0) is 50.3. The van der Waals surface area contributed by atoms with E-state index < -0.39 is 61.5 Å². The Labute approximate surface area is 424 Å². The first kappa shape index (κ1) is 65.4. The number of allylic oxidation sites excluding steroid dienone is 5. The summed E-state index contributed by atoms with van der Waals surface area (Å²) in [5.41, 5.74) is 0. The highest BCUT2D eigenvalue weighted by Gasteiger charge is 2.44. The average Bonchev–Trinajstić information content (AvgIpc) is 3.35. The molecule has 10 heteroatoms. The minimum Gasteiger partial charge on any atom is -0.394 e. The maximum Gasteiger partial charge on any atom is 0.249 e. The van der Waals surface area contributed by atoms with E-state index in [0.717, 1.165) is 44.9 Å². The van der Waals surface area contributed by atoms with Crippen LogP contribution in [-0.2, 0) is 14.3 Å². The van der Waals surface area contributed by atoms with Crippen molar-refractivity contribution in [2.75, 3.05) is 13.2 Å². The van der Waals surface area contributed by atoms with Gasteiger partial charge in [-0.3, -0.25) is 4.79 Å². The lowest BCUT2D eigenvalue weighted by Crippen LogP contribution is -2.60. The van der Waals surface area contributed by atoms with Gasteiger partial charge >= 0.3 is 0 Å². The first-order valence-electron chi connectivity index (χ1n) is 29.3. The van der Waals surface area contributed by atoms with Crippen molar-refractivity contribution in [3.05, 3.63) is 36.5 Å². The predicted octanol–water partition coefficient (Wildman–Crippen LogP) is 13.3. The van der Waals surface area contributed by atoms with Crippen LogP contribution >= 0.6 is 0 Å². The van der Waals surface area contributed by atoms with Crippen molar-refractivity contribution in [3.63, 3.8) is 0 Å². The van der Waals surface area contributed by atoms with Crippen LogP contribution in [0.25, 0.3) is 0 Å². The molecule has 0 aromatic carbocycles. The molecule has 406 valence electrons. The Morgan fingerprint density at radius 1 is 0.507 bits per heavy atom. The Bertz CT molecular complexity index is 1200. The average molecular weight is 979 g/mol. The molecule has 0 spiro atoms. The summed E-state index contributed by atoms with van der Waals surface area (Å²) in [6.07, 6.45) is 52.4. The van der Waals surface area contributed by atoms with Gasteiger partial charge in [0.25, 0.3) is 0 Å². The molecular formula is C59H111NO9. The van der Waals surface area contributed by atoms with Crippen molar-refractivity contribution in [2.24, 2.45) is 0 Å². The van der Waals surface area contributed by atoms with E-state index in [2.05, 4.69) is 43.5 Å². The fourth-order valence-electron chi connectivity index (χ4n) is 9.31. The smallest absolute Gasteiger partial charge is 0.249 e. The van der Waals surface area contributed by atoms with Gasteiger partial charge in [-0.15, -0.1) is 0 Å². The summed E-state index contributed by atoms with van der Waals surface area (Å²) in [5.74, 6) is -0.615. The summed E-state index contributed by atoms with van der Waals surface area (Å²) in [6.45, 7) is 3.64. The van der Waals surface area contributed by atoms with Gasteiger partial charge in [-0.05, 0) is 51.4 Å². The van der Waals surface area contributed by atoms with Crippen LogP contribution in [0.15, 0.2) is 36.5 Å². The van der Waals surface area contributed by atoms with E-state index in [4.69, 9.17) is 9.47 Å². The van der Waals surface area contributed by atoms with Crippen molar-refractivity contribution in [2.45, 2.75) is 320 Å². The third-order valence-electron chi connectivity index (χ3n) is 14.1. The summed E-state index contributed by atoms with van der Waals surface area (Å²) in [7, 11) is 0. The maximum absolute atomic E-state index is 13.1. The fourth-order valence-corrected chi connectivity index (χ4v) is 9.31. The van der Waals surface area contributed by atoms with Crippen LogP contribution in [-0.4, -0.2) is 98.7 Å². The van der Waals surface area contributed by atoms with Crippen LogP contribution < -0.4 is 5.32 Å². The van der Waals surface area contributed by atoms with Gasteiger partial charge in [0.15, 0.2) is 6.29 Å². The minimum atomic E-state index is -1.61. The lowest BCUT2D eigenvalue weighted by atomic mass is 9.99. The molecule has 0 radical (unpaired) electrons. The van der Waals surface area contributed by atoms with Gasteiger partial charge < -0.3 is 45.4 Å². The molecule has 0 aliphatic carbocycles. The molecule has 0 bridgehead atoms. The molecule has 1 heterocycles. The first-order chi connectivity index (χ1) is 33.8. The summed E-state index contributed by atoms with van der Waals surface area (Å²) < 4.78 is 11.2. The molecule has 1 fully saturated rings. The molecule has 8 unspecified atom stereocenters. The second kappa shape index (κ2) is 48.6. The fraction of sp³-hybridized carbons (Fsp3) is 0.881. The molecule has 69 heavy (non-hydrogen) atoms. The van der Waals surface area contributed by atoms with Crippen molar-refractivity contribution in [1.82, 2.24) is 5.32 Å². The highest BCUT2D eigenvalue weighted by Crippen LogP contribution is 2.23. The van der Waals surface area contributed by atoms with E-state index in [1.807, 2.05) is 6.08 Å². The number of hydrogen-bond acceptors (Lipinski definition) is 9. The van der Waals surface area contributed by atoms with Gasteiger partial charge in [0.1, 0.15) is 30.5 Å². The first-order valence-corrected chi connectivity index (χ1v) is 29.3. The summed E-state index contributed by atoms with van der Waals surface area (Å²) in [6, 6.07) is -0.981. The van der Waals surface area contributed by atoms with Crippen molar-refractivity contribution >= 4 is 5.91 Å². The van der Waals surface area contributed by atoms with Crippen molar-refractivity contribution < 1.29 is 44.9 Å². The number of aliphatic hydroxyl groups excluding tert-OH is 6. The van der Waals surface area contributed by atoms with E-state index in [9.17, 15) is 35.4 Å². The van der Waals surface area contributed by atoms with E-state index in [-0.39, 0.29) is 6.61 Å². The van der Waals surface area contributed by atoms with Crippen LogP contribution in [0.4, 0.5) is 0 Å². The molecule has 1 aliphatic heterocycles. The van der Waals surface area contributed by atoms with Crippen LogP contribution in [0.5, 0.6) is 0 Å². The van der Waals surface area contributed by atoms with Gasteiger partial charge in [0.2, 0.25) is 5.91 Å². The Balaban J connectivity index is 2.23. The van der Waals surface area contributed by atoms with Gasteiger partial charge in [0.05, 0.1) is 25.4 Å². The Morgan fingerprint density at radius 2 is 0.884 bits per heavy atom. The van der Waals surface area contributed by atoms with Crippen molar-refractivity contribution in [3.8, 4) is 0 Å². The van der Waals surface area contributed by atoms with Crippen LogP contribution in [0.2, 0.25) is 0 Å². The number of aliphatic hydroxyl groups is 6. The molecule has 1 aliphatic rings. The zero-order valence-electron chi connectivity index (χ0n) is 44.7. The van der Waals surface area contributed by atoms with Crippen LogP contribution in [0.3, 0.4) is 0 Å². The standard InChI is InChI=1S/C59H111NO9/c1-3-5-7-9-11-13-15-17-19-21-22-23-24-25-26-27-28-29-30-31-32-34-36-38-40-42-44-46-48-53(63)58(67)60-51(50-68-59-57(66)56(65)55(64)54(49-61)69-59)52(62)47-45-43-41-39-37-35-33-20-18-16-14-12-10-8-6-4-2/h22-23,25-26,45,47,51-57,59,61-66H,3-21,24,27-44,46,48-50H2,1-2H3,(H,60,67)/b23-22-,26-25-,47-45+. The number of unbranched alkanes of at least 4 members (excludes halogenated alkanes) is 35. The normalized spacial score (nSPS) is 20.1. The van der Waals surface area contributed by atoms with Gasteiger partial charge in [-0.25, -0.2) is 0 Å². The number of rotatable bonds is 50. The topological polar surface area (TPSA) is 169 Å². The molecule has 0 aromatic heterocycles. The lowest BCUT2D eigenvalue weighted by Gasteiger charge is -2.40. The van der Waals surface area contributed by atoms with Gasteiger partial charge in [-0.2, -0.15) is 0 Å². The van der Waals surface area contributed by atoms with Gasteiger partial charge in [-0.1, -0.05) is 256 Å². The van der Waals surface area contributed by atoms with E-state index in [1.165, 1.54) is 199 Å². The van der Waals surface area contributed by atoms with Crippen LogP contribution in [0, 0.1) is 0 Å². The molecule has 10 nitrogen and oxygen atoms in total. The summed E-state index contributed by atoms with van der Waals surface area (Å²) in [4.78, 5) is 13.1. The number of nitrogens with one attached hydrogen (secondary N) is 1. The van der Waals surface area contributed by atoms with Crippen molar-refractivity contribution in [1.29, 1.82) is 0 Å². The third kappa shape index (κ3) is 37.7. The number of hydrogen-bond donors (Lipinski definition) is 7. The van der Waals surface area contributed by atoms with E-state index in [0.29, 0.717) is 12.8 Å². The highest BCUT2D eigenvalue weighted by molar-refractivity contribution is 5.80. The minimum absolute atomic E-state index is 0.305. The second-order valence-electron chi connectivity index (χ2n) is 20.6. The Kier molecular flexibility index (Phi) is 46.1. The Hall–Kier alpha value is -1.63. The number of carbonyl (C=O) groups excluding carboxylic acids is 1. The Morgan fingerprint density at radius 3 is 1.29 bits per heavy atom. The second-order valence-corrected chi connectivity index (χ2v) is 20.6.